The number of carbonyl (C=O) groups excluding carboxylic acids is 2. The first-order chi connectivity index (χ1) is 13.5. The van der Waals surface area contributed by atoms with Gasteiger partial charge in [-0.25, -0.2) is 0 Å². The van der Waals surface area contributed by atoms with Gasteiger partial charge >= 0.3 is 5.97 Å². The first-order valence-electron chi connectivity index (χ1n) is 9.45. The van der Waals surface area contributed by atoms with Crippen LogP contribution in [0.4, 0.5) is 5.69 Å². The molecule has 0 saturated carbocycles. The van der Waals surface area contributed by atoms with Crippen molar-refractivity contribution in [3.05, 3.63) is 65.7 Å². The number of carboxylic acids is 1. The first-order valence-corrected chi connectivity index (χ1v) is 9.45. The van der Waals surface area contributed by atoms with Crippen LogP contribution in [-0.2, 0) is 20.8 Å². The van der Waals surface area contributed by atoms with Crippen molar-refractivity contribution in [3.8, 4) is 0 Å². The zero-order chi connectivity index (χ0) is 20.1. The largest absolute Gasteiger partial charge is 0.481 e. The molecule has 1 aliphatic heterocycles. The molecule has 146 valence electrons. The molecule has 28 heavy (non-hydrogen) atoms. The van der Waals surface area contributed by atoms with Crippen LogP contribution in [0.15, 0.2) is 54.6 Å². The standard InChI is InChI=1S/C22H24N2O4/c1-2-15-8-6-7-11-19(15)24-14-17(12-20(24)25)22(28)23-18(13-21(26)27)16-9-4-3-5-10-16/h3-11,17-18H,2,12-14H2,1H3,(H,23,28)(H,26,27). The van der Waals surface area contributed by atoms with E-state index in [2.05, 4.69) is 5.32 Å². The molecule has 2 aromatic rings. The fourth-order valence-electron chi connectivity index (χ4n) is 3.59. The number of aliphatic carboxylic acids is 1. The molecule has 0 radical (unpaired) electrons. The molecule has 1 saturated heterocycles. The minimum atomic E-state index is -0.991. The van der Waals surface area contributed by atoms with Gasteiger partial charge in [-0.2, -0.15) is 0 Å². The van der Waals surface area contributed by atoms with Crippen LogP contribution in [0.2, 0.25) is 0 Å². The van der Waals surface area contributed by atoms with Gasteiger partial charge in [0.2, 0.25) is 11.8 Å². The number of nitrogens with zero attached hydrogens (tertiary/aromatic N) is 1. The molecule has 1 aliphatic rings. The molecule has 6 nitrogen and oxygen atoms in total. The predicted molar refractivity (Wildman–Crippen MR) is 106 cm³/mol. The molecule has 0 aliphatic carbocycles. The summed E-state index contributed by atoms with van der Waals surface area (Å²) in [6, 6.07) is 16.1. The molecule has 0 aromatic heterocycles. The van der Waals surface area contributed by atoms with E-state index in [4.69, 9.17) is 0 Å². The zero-order valence-corrected chi connectivity index (χ0v) is 15.8. The number of hydrogen-bond donors (Lipinski definition) is 2. The predicted octanol–water partition coefficient (Wildman–Crippen LogP) is 2.93. The van der Waals surface area contributed by atoms with Crippen molar-refractivity contribution in [1.82, 2.24) is 5.32 Å². The second-order valence-electron chi connectivity index (χ2n) is 6.96. The van der Waals surface area contributed by atoms with Gasteiger partial charge in [-0.1, -0.05) is 55.5 Å². The number of anilines is 1. The molecule has 0 bridgehead atoms. The highest BCUT2D eigenvalue weighted by molar-refractivity contribution is 6.01. The molecular weight excluding hydrogens is 356 g/mol. The average molecular weight is 380 g/mol. The van der Waals surface area contributed by atoms with Crippen molar-refractivity contribution < 1.29 is 19.5 Å². The maximum Gasteiger partial charge on any atom is 0.305 e. The monoisotopic (exact) mass is 380 g/mol. The summed E-state index contributed by atoms with van der Waals surface area (Å²) in [5.74, 6) is -1.87. The summed E-state index contributed by atoms with van der Waals surface area (Å²) >= 11 is 0. The molecule has 2 N–H and O–H groups in total. The van der Waals surface area contributed by atoms with Crippen LogP contribution in [0.3, 0.4) is 0 Å². The molecule has 2 atom stereocenters. The summed E-state index contributed by atoms with van der Waals surface area (Å²) in [6.07, 6.45) is 0.711. The highest BCUT2D eigenvalue weighted by Crippen LogP contribution is 2.29. The van der Waals surface area contributed by atoms with E-state index in [1.165, 1.54) is 0 Å². The highest BCUT2D eigenvalue weighted by Gasteiger charge is 2.36. The molecule has 1 heterocycles. The number of benzene rings is 2. The van der Waals surface area contributed by atoms with Crippen molar-refractivity contribution >= 4 is 23.5 Å². The fourth-order valence-corrected chi connectivity index (χ4v) is 3.59. The van der Waals surface area contributed by atoms with Gasteiger partial charge in [0.15, 0.2) is 0 Å². The van der Waals surface area contributed by atoms with Gasteiger partial charge in [0, 0.05) is 18.7 Å². The van der Waals surface area contributed by atoms with Crippen LogP contribution in [0.25, 0.3) is 0 Å². The van der Waals surface area contributed by atoms with E-state index >= 15 is 0 Å². The third kappa shape index (κ3) is 4.39. The number of amides is 2. The van der Waals surface area contributed by atoms with Crippen LogP contribution < -0.4 is 10.2 Å². The molecule has 1 fully saturated rings. The van der Waals surface area contributed by atoms with Gasteiger partial charge in [0.1, 0.15) is 0 Å². The lowest BCUT2D eigenvalue weighted by Crippen LogP contribution is -2.36. The highest BCUT2D eigenvalue weighted by atomic mass is 16.4. The summed E-state index contributed by atoms with van der Waals surface area (Å²) in [7, 11) is 0. The molecule has 2 unspecified atom stereocenters. The average Bonchev–Trinajstić information content (AvgIpc) is 3.09. The number of carbonyl (C=O) groups is 3. The minimum Gasteiger partial charge on any atom is -0.481 e. The number of para-hydroxylation sites is 1. The van der Waals surface area contributed by atoms with Crippen LogP contribution in [-0.4, -0.2) is 29.4 Å². The molecule has 0 spiro atoms. The number of nitrogens with one attached hydrogen (secondary N) is 1. The van der Waals surface area contributed by atoms with Gasteiger partial charge in [-0.3, -0.25) is 14.4 Å². The Morgan fingerprint density at radius 3 is 2.50 bits per heavy atom. The van der Waals surface area contributed by atoms with E-state index in [9.17, 15) is 19.5 Å². The van der Waals surface area contributed by atoms with Crippen LogP contribution in [0, 0.1) is 5.92 Å². The Morgan fingerprint density at radius 1 is 1.14 bits per heavy atom. The maximum atomic E-state index is 12.8. The Kier molecular flexibility index (Phi) is 6.09. The fraction of sp³-hybridized carbons (Fsp3) is 0.318. The SMILES string of the molecule is CCc1ccccc1N1CC(C(=O)NC(CC(=O)O)c2ccccc2)CC1=O. The quantitative estimate of drug-likeness (QED) is 0.773. The summed E-state index contributed by atoms with van der Waals surface area (Å²) in [6.45, 7) is 2.33. The minimum absolute atomic E-state index is 0.0875. The molecule has 6 heteroatoms. The van der Waals surface area contributed by atoms with Gasteiger partial charge < -0.3 is 15.3 Å². The Bertz CT molecular complexity index is 866. The number of aryl methyl sites for hydroxylation is 1. The molecule has 2 amide bonds. The van der Waals surface area contributed by atoms with Crippen LogP contribution in [0.5, 0.6) is 0 Å². The van der Waals surface area contributed by atoms with E-state index in [0.29, 0.717) is 6.54 Å². The lowest BCUT2D eigenvalue weighted by atomic mass is 10.0. The van der Waals surface area contributed by atoms with Gasteiger partial charge in [-0.15, -0.1) is 0 Å². The Morgan fingerprint density at radius 2 is 1.82 bits per heavy atom. The number of carboxylic acid groups (broad SMARTS) is 1. The Labute approximate surface area is 164 Å². The molecular formula is C22H24N2O4. The van der Waals surface area contributed by atoms with Gasteiger partial charge in [-0.05, 0) is 23.6 Å². The summed E-state index contributed by atoms with van der Waals surface area (Å²) < 4.78 is 0. The second kappa shape index (κ2) is 8.69. The van der Waals surface area contributed by atoms with Crippen molar-refractivity contribution in [2.24, 2.45) is 5.92 Å². The van der Waals surface area contributed by atoms with E-state index in [1.807, 2.05) is 37.3 Å². The lowest BCUT2D eigenvalue weighted by Gasteiger charge is -2.21. The van der Waals surface area contributed by atoms with Gasteiger partial charge in [0.25, 0.3) is 0 Å². The van der Waals surface area contributed by atoms with Gasteiger partial charge in [0.05, 0.1) is 18.4 Å². The van der Waals surface area contributed by atoms with E-state index in [0.717, 1.165) is 23.2 Å². The van der Waals surface area contributed by atoms with Crippen molar-refractivity contribution in [1.29, 1.82) is 0 Å². The van der Waals surface area contributed by atoms with E-state index in [1.54, 1.807) is 29.2 Å². The third-order valence-corrected chi connectivity index (χ3v) is 5.06. The topological polar surface area (TPSA) is 86.7 Å². The van der Waals surface area contributed by atoms with E-state index < -0.39 is 17.9 Å². The van der Waals surface area contributed by atoms with E-state index in [-0.39, 0.29) is 24.7 Å². The lowest BCUT2D eigenvalue weighted by molar-refractivity contribution is -0.138. The van der Waals surface area contributed by atoms with Crippen molar-refractivity contribution in [2.75, 3.05) is 11.4 Å². The summed E-state index contributed by atoms with van der Waals surface area (Å²) in [5, 5.41) is 12.0. The normalized spacial score (nSPS) is 17.4. The maximum absolute atomic E-state index is 12.8. The number of hydrogen-bond acceptors (Lipinski definition) is 3. The summed E-state index contributed by atoms with van der Waals surface area (Å²) in [4.78, 5) is 38.2. The number of rotatable bonds is 7. The molecule has 2 aromatic carbocycles. The first kappa shape index (κ1) is 19.6. The Hall–Kier alpha value is -3.15. The Balaban J connectivity index is 1.73. The van der Waals surface area contributed by atoms with Crippen LogP contribution >= 0.6 is 0 Å². The smallest absolute Gasteiger partial charge is 0.305 e. The van der Waals surface area contributed by atoms with Crippen molar-refractivity contribution in [3.63, 3.8) is 0 Å². The zero-order valence-electron chi connectivity index (χ0n) is 15.8. The summed E-state index contributed by atoms with van der Waals surface area (Å²) in [5.41, 5.74) is 2.64. The van der Waals surface area contributed by atoms with Crippen molar-refractivity contribution in [2.45, 2.75) is 32.2 Å². The molecule has 3 rings (SSSR count). The second-order valence-corrected chi connectivity index (χ2v) is 6.96. The van der Waals surface area contributed by atoms with Crippen LogP contribution in [0.1, 0.15) is 36.9 Å². The third-order valence-electron chi connectivity index (χ3n) is 5.06.